The molecule has 5 heteroatoms. The average molecular weight is 317 g/mol. The summed E-state index contributed by atoms with van der Waals surface area (Å²) in [4.78, 5) is 2.41. The molecule has 1 unspecified atom stereocenters. The van der Waals surface area contributed by atoms with Gasteiger partial charge in [-0.2, -0.15) is 0 Å². The van der Waals surface area contributed by atoms with Gasteiger partial charge >= 0.3 is 0 Å². The number of benzene rings is 1. The summed E-state index contributed by atoms with van der Waals surface area (Å²) in [5.41, 5.74) is 0. The Kier molecular flexibility index (Phi) is 6.43. The second-order valence-electron chi connectivity index (χ2n) is 5.11. The van der Waals surface area contributed by atoms with Gasteiger partial charge in [0.1, 0.15) is 12.4 Å². The molecule has 1 aromatic carbocycles. The van der Waals surface area contributed by atoms with E-state index in [1.807, 2.05) is 6.07 Å². The summed E-state index contributed by atoms with van der Waals surface area (Å²) in [5, 5.41) is 4.72. The van der Waals surface area contributed by atoms with Crippen LogP contribution in [0.5, 0.6) is 5.75 Å². The lowest BCUT2D eigenvalue weighted by atomic mass is 10.2. The minimum Gasteiger partial charge on any atom is -0.491 e. The molecule has 0 spiro atoms. The lowest BCUT2D eigenvalue weighted by molar-refractivity contribution is 0.203. The fraction of sp³-hybridized carbons (Fsp3) is 0.600. The van der Waals surface area contributed by atoms with E-state index in [1.54, 1.807) is 12.1 Å². The number of likely N-dealkylation sites (N-methyl/N-ethyl adjacent to an activating group) is 1. The molecule has 1 N–H and O–H groups in total. The number of rotatable bonds is 7. The SMILES string of the molecule is CCN(CCOc1ccc(Cl)cc1Cl)CC1CCCN1. The van der Waals surface area contributed by atoms with Crippen molar-refractivity contribution in [3.05, 3.63) is 28.2 Å². The summed E-state index contributed by atoms with van der Waals surface area (Å²) in [6.07, 6.45) is 2.57. The van der Waals surface area contributed by atoms with Crippen LogP contribution in [0.2, 0.25) is 10.0 Å². The first-order valence-corrected chi connectivity index (χ1v) is 7.98. The number of nitrogens with one attached hydrogen (secondary N) is 1. The Bertz CT molecular complexity index is 422. The van der Waals surface area contributed by atoms with Crippen molar-refractivity contribution in [3.8, 4) is 5.75 Å². The fourth-order valence-corrected chi connectivity index (χ4v) is 2.94. The van der Waals surface area contributed by atoms with Crippen molar-refractivity contribution < 1.29 is 4.74 Å². The molecule has 0 radical (unpaired) electrons. The Morgan fingerprint density at radius 3 is 2.90 bits per heavy atom. The van der Waals surface area contributed by atoms with Gasteiger partial charge in [0.2, 0.25) is 0 Å². The maximum Gasteiger partial charge on any atom is 0.138 e. The third-order valence-corrected chi connectivity index (χ3v) is 4.18. The van der Waals surface area contributed by atoms with Gasteiger partial charge in [0.15, 0.2) is 0 Å². The molecule has 0 saturated carbocycles. The van der Waals surface area contributed by atoms with Gasteiger partial charge in [0.25, 0.3) is 0 Å². The first-order valence-electron chi connectivity index (χ1n) is 7.22. The number of ether oxygens (including phenoxy) is 1. The van der Waals surface area contributed by atoms with Crippen LogP contribution in [-0.4, -0.2) is 43.7 Å². The second-order valence-corrected chi connectivity index (χ2v) is 5.95. The summed E-state index contributed by atoms with van der Waals surface area (Å²) in [7, 11) is 0. The zero-order valence-electron chi connectivity index (χ0n) is 11.9. The predicted octanol–water partition coefficient (Wildman–Crippen LogP) is 3.45. The smallest absolute Gasteiger partial charge is 0.138 e. The normalized spacial score (nSPS) is 18.7. The van der Waals surface area contributed by atoms with Crippen LogP contribution >= 0.6 is 23.2 Å². The predicted molar refractivity (Wildman–Crippen MR) is 85.1 cm³/mol. The van der Waals surface area contributed by atoms with Crippen molar-refractivity contribution >= 4 is 23.2 Å². The van der Waals surface area contributed by atoms with Crippen molar-refractivity contribution in [2.24, 2.45) is 0 Å². The summed E-state index contributed by atoms with van der Waals surface area (Å²) in [6, 6.07) is 5.95. The van der Waals surface area contributed by atoms with E-state index in [0.717, 1.165) is 26.2 Å². The van der Waals surface area contributed by atoms with E-state index in [0.29, 0.717) is 28.4 Å². The summed E-state index contributed by atoms with van der Waals surface area (Å²) < 4.78 is 5.74. The second kappa shape index (κ2) is 8.08. The van der Waals surface area contributed by atoms with E-state index < -0.39 is 0 Å². The molecule has 2 rings (SSSR count). The summed E-state index contributed by atoms with van der Waals surface area (Å²) in [6.45, 7) is 7.02. The highest BCUT2D eigenvalue weighted by atomic mass is 35.5. The molecule has 0 aliphatic carbocycles. The maximum absolute atomic E-state index is 6.08. The van der Waals surface area contributed by atoms with Crippen molar-refractivity contribution in [1.29, 1.82) is 0 Å². The largest absolute Gasteiger partial charge is 0.491 e. The number of halogens is 2. The van der Waals surface area contributed by atoms with E-state index in [2.05, 4.69) is 17.1 Å². The van der Waals surface area contributed by atoms with Crippen molar-refractivity contribution in [2.45, 2.75) is 25.8 Å². The quantitative estimate of drug-likeness (QED) is 0.834. The first kappa shape index (κ1) is 15.9. The van der Waals surface area contributed by atoms with E-state index in [9.17, 15) is 0 Å². The Labute approximate surface area is 131 Å². The molecule has 1 atom stereocenters. The van der Waals surface area contributed by atoms with Crippen LogP contribution in [0.3, 0.4) is 0 Å². The lowest BCUT2D eigenvalue weighted by Crippen LogP contribution is -2.39. The average Bonchev–Trinajstić information content (AvgIpc) is 2.93. The van der Waals surface area contributed by atoms with E-state index in [-0.39, 0.29) is 0 Å². The van der Waals surface area contributed by atoms with Gasteiger partial charge in [-0.15, -0.1) is 0 Å². The van der Waals surface area contributed by atoms with Crippen LogP contribution < -0.4 is 10.1 Å². The number of nitrogens with zero attached hydrogens (tertiary/aromatic N) is 1. The zero-order valence-corrected chi connectivity index (χ0v) is 13.4. The molecule has 0 bridgehead atoms. The molecule has 1 aliphatic rings. The highest BCUT2D eigenvalue weighted by Crippen LogP contribution is 2.27. The molecule has 1 aromatic rings. The zero-order chi connectivity index (χ0) is 14.4. The van der Waals surface area contributed by atoms with Crippen LogP contribution in [0.1, 0.15) is 19.8 Å². The van der Waals surface area contributed by atoms with Crippen LogP contribution in [0.15, 0.2) is 18.2 Å². The summed E-state index contributed by atoms with van der Waals surface area (Å²) >= 11 is 11.9. The van der Waals surface area contributed by atoms with Gasteiger partial charge in [-0.05, 0) is 44.1 Å². The van der Waals surface area contributed by atoms with Crippen LogP contribution in [-0.2, 0) is 0 Å². The number of hydrogen-bond donors (Lipinski definition) is 1. The van der Waals surface area contributed by atoms with E-state index >= 15 is 0 Å². The van der Waals surface area contributed by atoms with Crippen LogP contribution in [0.4, 0.5) is 0 Å². The Balaban J connectivity index is 1.75. The Morgan fingerprint density at radius 2 is 2.25 bits per heavy atom. The molecule has 1 fully saturated rings. The third-order valence-electron chi connectivity index (χ3n) is 3.65. The molecular weight excluding hydrogens is 295 g/mol. The molecule has 1 heterocycles. The van der Waals surface area contributed by atoms with E-state index in [4.69, 9.17) is 27.9 Å². The Morgan fingerprint density at radius 1 is 1.40 bits per heavy atom. The van der Waals surface area contributed by atoms with Gasteiger partial charge in [-0.1, -0.05) is 30.1 Å². The third kappa shape index (κ3) is 4.81. The summed E-state index contributed by atoms with van der Waals surface area (Å²) in [5.74, 6) is 0.700. The van der Waals surface area contributed by atoms with Gasteiger partial charge < -0.3 is 10.1 Å². The highest BCUT2D eigenvalue weighted by Gasteiger charge is 2.16. The van der Waals surface area contributed by atoms with Crippen molar-refractivity contribution in [2.75, 3.05) is 32.8 Å². The first-order chi connectivity index (χ1) is 9.69. The minimum absolute atomic E-state index is 0.568. The van der Waals surface area contributed by atoms with Gasteiger partial charge in [0.05, 0.1) is 5.02 Å². The topological polar surface area (TPSA) is 24.5 Å². The Hall–Kier alpha value is -0.480. The molecule has 3 nitrogen and oxygen atoms in total. The van der Waals surface area contributed by atoms with Gasteiger partial charge in [-0.25, -0.2) is 0 Å². The molecule has 0 amide bonds. The molecule has 20 heavy (non-hydrogen) atoms. The highest BCUT2D eigenvalue weighted by molar-refractivity contribution is 6.35. The molecule has 112 valence electrons. The fourth-order valence-electron chi connectivity index (χ4n) is 2.48. The van der Waals surface area contributed by atoms with Crippen LogP contribution in [0, 0.1) is 0 Å². The van der Waals surface area contributed by atoms with E-state index in [1.165, 1.54) is 12.8 Å². The number of hydrogen-bond acceptors (Lipinski definition) is 3. The molecule has 1 aliphatic heterocycles. The molecular formula is C15H22Cl2N2O. The standard InChI is InChI=1S/C15H22Cl2N2O/c1-2-19(11-13-4-3-7-18-13)8-9-20-15-6-5-12(16)10-14(15)17/h5-6,10,13,18H,2-4,7-9,11H2,1H3. The molecule has 0 aromatic heterocycles. The van der Waals surface area contributed by atoms with Crippen LogP contribution in [0.25, 0.3) is 0 Å². The minimum atomic E-state index is 0.568. The van der Waals surface area contributed by atoms with Gasteiger partial charge in [0, 0.05) is 24.2 Å². The lowest BCUT2D eigenvalue weighted by Gasteiger charge is -2.24. The monoisotopic (exact) mass is 316 g/mol. The molecule has 1 saturated heterocycles. The van der Waals surface area contributed by atoms with Gasteiger partial charge in [-0.3, -0.25) is 4.90 Å². The van der Waals surface area contributed by atoms with Crippen molar-refractivity contribution in [1.82, 2.24) is 10.2 Å². The maximum atomic E-state index is 6.08. The van der Waals surface area contributed by atoms with Crippen molar-refractivity contribution in [3.63, 3.8) is 0 Å².